The molecule has 4 heteroatoms. The van der Waals surface area contributed by atoms with Gasteiger partial charge in [-0.3, -0.25) is 4.79 Å². The maximum absolute atomic E-state index is 11.2. The maximum Gasteiger partial charge on any atom is 0.254 e. The first kappa shape index (κ1) is 10.1. The Labute approximate surface area is 87.5 Å². The van der Waals surface area contributed by atoms with Crippen LogP contribution < -0.4 is 0 Å². The summed E-state index contributed by atoms with van der Waals surface area (Å²) in [6.07, 6.45) is 5.85. The normalized spacial score (nSPS) is 37.6. The van der Waals surface area contributed by atoms with Crippen LogP contribution in [0, 0.1) is 0 Å². The molecule has 0 aromatic heterocycles. The fourth-order valence-corrected chi connectivity index (χ4v) is 3.28. The van der Waals surface area contributed by atoms with Gasteiger partial charge in [0, 0.05) is 11.9 Å². The molecule has 1 aliphatic carbocycles. The van der Waals surface area contributed by atoms with Crippen LogP contribution in [0.15, 0.2) is 11.8 Å². The van der Waals surface area contributed by atoms with E-state index in [0.717, 1.165) is 25.7 Å². The Morgan fingerprint density at radius 1 is 1.57 bits per heavy atom. The zero-order valence-electron chi connectivity index (χ0n) is 8.16. The zero-order valence-corrected chi connectivity index (χ0v) is 8.97. The quantitative estimate of drug-likeness (QED) is 0.725. The molecule has 0 aromatic rings. The summed E-state index contributed by atoms with van der Waals surface area (Å²) in [5.74, 6) is -0.0640. The number of methoxy groups -OCH3 is 1. The fraction of sp³-hybridized carbons (Fsp3) is 0.700. The number of ether oxygens (including phenoxy) is 1. The lowest BCUT2D eigenvalue weighted by molar-refractivity contribution is -0.109. The number of carbonyl (C=O) groups is 1. The van der Waals surface area contributed by atoms with E-state index >= 15 is 0 Å². The highest BCUT2D eigenvalue weighted by Gasteiger charge is 2.42. The summed E-state index contributed by atoms with van der Waals surface area (Å²) >= 11 is 1.27. The Bertz CT molecular complexity index is 277. The van der Waals surface area contributed by atoms with Crippen LogP contribution in [0.4, 0.5) is 0 Å². The van der Waals surface area contributed by atoms with Crippen molar-refractivity contribution in [3.8, 4) is 0 Å². The van der Waals surface area contributed by atoms with Crippen LogP contribution in [0.25, 0.3) is 0 Å². The number of rotatable bonds is 1. The lowest BCUT2D eigenvalue weighted by Gasteiger charge is -2.33. The molecular weight excluding hydrogens is 200 g/mol. The van der Waals surface area contributed by atoms with Gasteiger partial charge in [-0.2, -0.15) is 0 Å². The van der Waals surface area contributed by atoms with Crippen LogP contribution >= 0.6 is 11.8 Å². The summed E-state index contributed by atoms with van der Waals surface area (Å²) in [5, 5.41) is 9.12. The standard InChI is InChI=1S/C10H14O3S/c1-13-7-2-4-10(5-3-7)6-8(11)9(12)14-10/h6-7,11H,2-5H2,1H3. The van der Waals surface area contributed by atoms with Gasteiger partial charge in [0.1, 0.15) is 0 Å². The molecule has 14 heavy (non-hydrogen) atoms. The molecule has 78 valence electrons. The van der Waals surface area contributed by atoms with Gasteiger partial charge in [-0.1, -0.05) is 11.8 Å². The average molecular weight is 214 g/mol. The number of hydrogen-bond acceptors (Lipinski definition) is 4. The van der Waals surface area contributed by atoms with E-state index in [-0.39, 0.29) is 15.6 Å². The van der Waals surface area contributed by atoms with E-state index in [1.807, 2.05) is 0 Å². The van der Waals surface area contributed by atoms with E-state index in [0.29, 0.717) is 6.10 Å². The first-order valence-electron chi connectivity index (χ1n) is 4.83. The van der Waals surface area contributed by atoms with Crippen LogP contribution in [0.3, 0.4) is 0 Å². The topological polar surface area (TPSA) is 46.5 Å². The van der Waals surface area contributed by atoms with Crippen molar-refractivity contribution in [3.05, 3.63) is 11.8 Å². The van der Waals surface area contributed by atoms with Crippen LogP contribution in [0.1, 0.15) is 25.7 Å². The summed E-state index contributed by atoms with van der Waals surface area (Å²) in [7, 11) is 1.73. The Hall–Kier alpha value is -0.480. The van der Waals surface area contributed by atoms with Crippen molar-refractivity contribution in [2.75, 3.05) is 7.11 Å². The van der Waals surface area contributed by atoms with E-state index in [1.165, 1.54) is 11.8 Å². The van der Waals surface area contributed by atoms with Gasteiger partial charge in [0.05, 0.1) is 6.10 Å². The van der Waals surface area contributed by atoms with E-state index < -0.39 is 0 Å². The molecule has 0 unspecified atom stereocenters. The second-order valence-corrected chi connectivity index (χ2v) is 5.31. The maximum atomic E-state index is 11.2. The molecule has 1 N–H and O–H groups in total. The third-order valence-corrected chi connectivity index (χ3v) is 4.34. The summed E-state index contributed by atoms with van der Waals surface area (Å²) in [6, 6.07) is 0. The molecule has 3 nitrogen and oxygen atoms in total. The first-order chi connectivity index (χ1) is 6.65. The molecule has 0 radical (unpaired) electrons. The van der Waals surface area contributed by atoms with E-state index in [1.54, 1.807) is 13.2 Å². The van der Waals surface area contributed by atoms with E-state index in [4.69, 9.17) is 4.74 Å². The number of thioether (sulfide) groups is 1. The van der Waals surface area contributed by atoms with Crippen LogP contribution in [-0.4, -0.2) is 28.2 Å². The molecule has 0 saturated heterocycles. The van der Waals surface area contributed by atoms with Gasteiger partial charge in [0.25, 0.3) is 5.12 Å². The summed E-state index contributed by atoms with van der Waals surface area (Å²) < 4.78 is 5.14. The van der Waals surface area contributed by atoms with Gasteiger partial charge in [0.2, 0.25) is 0 Å². The van der Waals surface area contributed by atoms with Crippen molar-refractivity contribution in [1.82, 2.24) is 0 Å². The Morgan fingerprint density at radius 2 is 2.21 bits per heavy atom. The molecule has 0 bridgehead atoms. The molecule has 2 aliphatic rings. The predicted molar refractivity (Wildman–Crippen MR) is 55.3 cm³/mol. The predicted octanol–water partition coefficient (Wildman–Crippen LogP) is 2.03. The minimum absolute atomic E-state index is 0.0640. The van der Waals surface area contributed by atoms with E-state index in [9.17, 15) is 9.90 Å². The number of hydrogen-bond donors (Lipinski definition) is 1. The van der Waals surface area contributed by atoms with Crippen molar-refractivity contribution < 1.29 is 14.6 Å². The third kappa shape index (κ3) is 1.68. The average Bonchev–Trinajstić information content (AvgIpc) is 2.44. The van der Waals surface area contributed by atoms with Gasteiger partial charge < -0.3 is 9.84 Å². The molecule has 0 aromatic carbocycles. The van der Waals surface area contributed by atoms with Crippen molar-refractivity contribution in [2.24, 2.45) is 0 Å². The van der Waals surface area contributed by atoms with Gasteiger partial charge in [0.15, 0.2) is 5.76 Å². The Morgan fingerprint density at radius 3 is 2.64 bits per heavy atom. The molecule has 1 heterocycles. The molecule has 0 atom stereocenters. The van der Waals surface area contributed by atoms with Crippen LogP contribution in [-0.2, 0) is 9.53 Å². The largest absolute Gasteiger partial charge is 0.504 e. The summed E-state index contributed by atoms with van der Waals surface area (Å²) in [5.41, 5.74) is 0. The second kappa shape index (κ2) is 3.59. The lowest BCUT2D eigenvalue weighted by atomic mass is 9.86. The monoisotopic (exact) mass is 214 g/mol. The van der Waals surface area contributed by atoms with Gasteiger partial charge in [-0.05, 0) is 31.8 Å². The lowest BCUT2D eigenvalue weighted by Crippen LogP contribution is -2.30. The van der Waals surface area contributed by atoms with Crippen molar-refractivity contribution in [1.29, 1.82) is 0 Å². The molecule has 1 fully saturated rings. The Kier molecular flexibility index (Phi) is 2.58. The SMILES string of the molecule is COC1CCC2(C=C(O)C(=O)S2)CC1. The second-order valence-electron chi connectivity index (χ2n) is 3.92. The molecular formula is C10H14O3S. The number of carbonyl (C=O) groups excluding carboxylic acids is 1. The number of aliphatic hydroxyl groups excluding tert-OH is 1. The van der Waals surface area contributed by atoms with Crippen LogP contribution in [0.5, 0.6) is 0 Å². The van der Waals surface area contributed by atoms with Crippen molar-refractivity contribution >= 4 is 16.9 Å². The molecule has 2 rings (SSSR count). The summed E-state index contributed by atoms with van der Waals surface area (Å²) in [4.78, 5) is 11.2. The smallest absolute Gasteiger partial charge is 0.254 e. The zero-order chi connectivity index (χ0) is 10.2. The minimum atomic E-state index is -0.180. The molecule has 1 spiro atoms. The summed E-state index contributed by atoms with van der Waals surface area (Å²) in [6.45, 7) is 0. The van der Waals surface area contributed by atoms with Gasteiger partial charge >= 0.3 is 0 Å². The van der Waals surface area contributed by atoms with Crippen molar-refractivity contribution in [2.45, 2.75) is 36.5 Å². The fourth-order valence-electron chi connectivity index (χ4n) is 2.14. The number of aliphatic hydroxyl groups is 1. The van der Waals surface area contributed by atoms with Gasteiger partial charge in [-0.15, -0.1) is 0 Å². The highest BCUT2D eigenvalue weighted by molar-refractivity contribution is 8.15. The highest BCUT2D eigenvalue weighted by atomic mass is 32.2. The van der Waals surface area contributed by atoms with Crippen molar-refractivity contribution in [3.63, 3.8) is 0 Å². The van der Waals surface area contributed by atoms with E-state index in [2.05, 4.69) is 0 Å². The first-order valence-corrected chi connectivity index (χ1v) is 5.65. The molecule has 1 aliphatic heterocycles. The Balaban J connectivity index is 2.04. The molecule has 0 amide bonds. The molecule has 1 saturated carbocycles. The minimum Gasteiger partial charge on any atom is -0.504 e. The van der Waals surface area contributed by atoms with Gasteiger partial charge in [-0.25, -0.2) is 0 Å². The highest BCUT2D eigenvalue weighted by Crippen LogP contribution is 2.47. The van der Waals surface area contributed by atoms with Crippen LogP contribution in [0.2, 0.25) is 0 Å². The third-order valence-electron chi connectivity index (χ3n) is 3.02.